The van der Waals surface area contributed by atoms with Crippen molar-refractivity contribution in [3.05, 3.63) is 120 Å². The Kier molecular flexibility index (Phi) is 6.67. The predicted molar refractivity (Wildman–Crippen MR) is 116 cm³/mol. The van der Waals surface area contributed by atoms with E-state index in [-0.39, 0.29) is 10.5 Å². The smallest absolute Gasteiger partial charge is 0.133 e. The van der Waals surface area contributed by atoms with E-state index >= 15 is 0 Å². The molecule has 0 spiro atoms. The van der Waals surface area contributed by atoms with E-state index < -0.39 is 0 Å². The molecule has 3 aromatic rings. The molecule has 1 nitrogen and oxygen atoms in total. The molecular formula is C25H24OS. The van der Waals surface area contributed by atoms with Crippen LogP contribution < -0.4 is 0 Å². The van der Waals surface area contributed by atoms with Crippen molar-refractivity contribution in [2.24, 2.45) is 0 Å². The van der Waals surface area contributed by atoms with Gasteiger partial charge >= 0.3 is 0 Å². The number of hydrogen-bond acceptors (Lipinski definition) is 2. The highest BCUT2D eigenvalue weighted by Crippen LogP contribution is 2.48. The summed E-state index contributed by atoms with van der Waals surface area (Å²) in [5.74, 6) is 1.02. The summed E-state index contributed by atoms with van der Waals surface area (Å²) in [6.45, 7) is 1.62. The van der Waals surface area contributed by atoms with Gasteiger partial charge in [-0.2, -0.15) is 0 Å². The van der Waals surface area contributed by atoms with Crippen LogP contribution >= 0.6 is 11.8 Å². The first-order valence-corrected chi connectivity index (χ1v) is 10.2. The van der Waals surface area contributed by atoms with Crippen LogP contribution in [0.1, 0.15) is 30.0 Å². The van der Waals surface area contributed by atoms with Gasteiger partial charge in [-0.15, -0.1) is 11.8 Å². The minimum absolute atomic E-state index is 0.191. The Morgan fingerprint density at radius 3 is 1.52 bits per heavy atom. The maximum Gasteiger partial charge on any atom is 0.133 e. The molecule has 0 N–H and O–H groups in total. The van der Waals surface area contributed by atoms with E-state index in [4.69, 9.17) is 0 Å². The van der Waals surface area contributed by atoms with E-state index in [1.165, 1.54) is 16.7 Å². The minimum Gasteiger partial charge on any atom is -0.300 e. The number of thioether (sulfide) groups is 1. The van der Waals surface area contributed by atoms with Crippen molar-refractivity contribution in [1.29, 1.82) is 0 Å². The second-order valence-corrected chi connectivity index (χ2v) is 7.70. The fraction of sp³-hybridized carbons (Fsp3) is 0.160. The van der Waals surface area contributed by atoms with Crippen molar-refractivity contribution < 1.29 is 4.79 Å². The zero-order valence-corrected chi connectivity index (χ0v) is 16.4. The van der Waals surface area contributed by atoms with Gasteiger partial charge in [0.2, 0.25) is 0 Å². The summed E-state index contributed by atoms with van der Waals surface area (Å²) in [6.07, 6.45) is 4.58. The van der Waals surface area contributed by atoms with Gasteiger partial charge in [0.25, 0.3) is 0 Å². The molecule has 0 saturated heterocycles. The Balaban J connectivity index is 2.08. The summed E-state index contributed by atoms with van der Waals surface area (Å²) in [7, 11) is 0. The number of Topliss-reactive ketones (excluding diaryl/α,β-unsaturated/α-hetero) is 1. The van der Waals surface area contributed by atoms with Crippen LogP contribution in [0.4, 0.5) is 0 Å². The molecular weight excluding hydrogens is 348 g/mol. The zero-order chi connectivity index (χ0) is 19.0. The number of rotatable bonds is 8. The normalized spacial score (nSPS) is 11.6. The molecule has 27 heavy (non-hydrogen) atoms. The van der Waals surface area contributed by atoms with E-state index in [1.807, 2.05) is 17.8 Å². The third-order valence-electron chi connectivity index (χ3n) is 4.51. The quantitative estimate of drug-likeness (QED) is 0.343. The number of carbonyl (C=O) groups excluding carboxylic acids is 1. The van der Waals surface area contributed by atoms with Gasteiger partial charge in [-0.05, 0) is 23.6 Å². The van der Waals surface area contributed by atoms with Gasteiger partial charge in [-0.1, -0.05) is 103 Å². The standard InChI is InChI=1S/C25H24OS/c1-21(26)13-11-12-20-27-25(22-14-5-2-6-15-22,23-16-7-3-8-17-23)24-18-9-4-10-19-24/h2-12,14-19H,13,20H2,1H3/b12-11+. The van der Waals surface area contributed by atoms with Gasteiger partial charge in [0, 0.05) is 12.2 Å². The van der Waals surface area contributed by atoms with E-state index in [0.29, 0.717) is 6.42 Å². The highest BCUT2D eigenvalue weighted by Gasteiger charge is 2.36. The molecule has 0 radical (unpaired) electrons. The van der Waals surface area contributed by atoms with Crippen molar-refractivity contribution in [2.75, 3.05) is 5.75 Å². The Labute approximate surface area is 166 Å². The second-order valence-electron chi connectivity index (χ2n) is 6.47. The fourth-order valence-corrected chi connectivity index (χ4v) is 4.65. The Hall–Kier alpha value is -2.58. The second kappa shape index (κ2) is 9.38. The van der Waals surface area contributed by atoms with E-state index in [9.17, 15) is 4.79 Å². The van der Waals surface area contributed by atoms with Gasteiger partial charge in [-0.25, -0.2) is 0 Å². The molecule has 2 heteroatoms. The van der Waals surface area contributed by atoms with Gasteiger partial charge in [0.1, 0.15) is 5.78 Å². The van der Waals surface area contributed by atoms with Gasteiger partial charge < -0.3 is 0 Å². The van der Waals surface area contributed by atoms with E-state index in [2.05, 4.69) is 97.1 Å². The van der Waals surface area contributed by atoms with Gasteiger partial charge in [-0.3, -0.25) is 4.79 Å². The Morgan fingerprint density at radius 2 is 1.15 bits per heavy atom. The van der Waals surface area contributed by atoms with Crippen molar-refractivity contribution in [3.63, 3.8) is 0 Å². The van der Waals surface area contributed by atoms with Crippen LogP contribution in [0, 0.1) is 0 Å². The summed E-state index contributed by atoms with van der Waals surface area (Å²) in [5, 5.41) is 0. The van der Waals surface area contributed by atoms with Crippen LogP contribution in [0.25, 0.3) is 0 Å². The molecule has 0 aliphatic carbocycles. The predicted octanol–water partition coefficient (Wildman–Crippen LogP) is 6.25. The largest absolute Gasteiger partial charge is 0.300 e. The molecule has 0 aromatic heterocycles. The average Bonchev–Trinajstić information content (AvgIpc) is 2.73. The lowest BCUT2D eigenvalue weighted by atomic mass is 9.84. The summed E-state index contributed by atoms with van der Waals surface area (Å²) in [4.78, 5) is 11.2. The lowest BCUT2D eigenvalue weighted by molar-refractivity contribution is -0.116. The minimum atomic E-state index is -0.301. The monoisotopic (exact) mass is 372 g/mol. The van der Waals surface area contributed by atoms with Crippen molar-refractivity contribution in [2.45, 2.75) is 18.1 Å². The van der Waals surface area contributed by atoms with E-state index in [0.717, 1.165) is 5.75 Å². The van der Waals surface area contributed by atoms with Crippen molar-refractivity contribution in [3.8, 4) is 0 Å². The molecule has 0 aliphatic heterocycles. The SMILES string of the molecule is CC(=O)C/C=C/CSC(c1ccccc1)(c1ccccc1)c1ccccc1. The molecule has 136 valence electrons. The number of allylic oxidation sites excluding steroid dienone is 1. The number of hydrogen-bond donors (Lipinski definition) is 0. The molecule has 0 bridgehead atoms. The lowest BCUT2D eigenvalue weighted by Crippen LogP contribution is -2.26. The van der Waals surface area contributed by atoms with Crippen molar-refractivity contribution in [1.82, 2.24) is 0 Å². The van der Waals surface area contributed by atoms with Crippen LogP contribution in [0.15, 0.2) is 103 Å². The van der Waals surface area contributed by atoms with Gasteiger partial charge in [0.05, 0.1) is 4.75 Å². The number of carbonyl (C=O) groups is 1. The van der Waals surface area contributed by atoms with Crippen LogP contribution in [-0.2, 0) is 9.54 Å². The Bertz CT molecular complexity index is 773. The molecule has 0 unspecified atom stereocenters. The molecule has 0 amide bonds. The average molecular weight is 373 g/mol. The van der Waals surface area contributed by atoms with Crippen LogP contribution in [0.2, 0.25) is 0 Å². The fourth-order valence-electron chi connectivity index (χ4n) is 3.26. The van der Waals surface area contributed by atoms with Crippen molar-refractivity contribution >= 4 is 17.5 Å². The highest BCUT2D eigenvalue weighted by molar-refractivity contribution is 8.00. The van der Waals surface area contributed by atoms with Crippen LogP contribution in [0.3, 0.4) is 0 Å². The highest BCUT2D eigenvalue weighted by atomic mass is 32.2. The van der Waals surface area contributed by atoms with Gasteiger partial charge in [0.15, 0.2) is 0 Å². The maximum absolute atomic E-state index is 11.2. The first kappa shape index (κ1) is 19.2. The lowest BCUT2D eigenvalue weighted by Gasteiger charge is -2.35. The summed E-state index contributed by atoms with van der Waals surface area (Å²) < 4.78 is -0.301. The maximum atomic E-state index is 11.2. The molecule has 0 atom stereocenters. The summed E-state index contributed by atoms with van der Waals surface area (Å²) >= 11 is 1.88. The third kappa shape index (κ3) is 4.58. The molecule has 3 aromatic carbocycles. The van der Waals surface area contributed by atoms with Crippen LogP contribution in [0.5, 0.6) is 0 Å². The van der Waals surface area contributed by atoms with Crippen LogP contribution in [-0.4, -0.2) is 11.5 Å². The Morgan fingerprint density at radius 1 is 0.741 bits per heavy atom. The molecule has 3 rings (SSSR count). The topological polar surface area (TPSA) is 17.1 Å². The first-order chi connectivity index (χ1) is 13.2. The zero-order valence-electron chi connectivity index (χ0n) is 15.5. The molecule has 0 fully saturated rings. The summed E-state index contributed by atoms with van der Waals surface area (Å²) in [5.41, 5.74) is 3.77. The molecule has 0 aliphatic rings. The third-order valence-corrected chi connectivity index (χ3v) is 6.01. The summed E-state index contributed by atoms with van der Waals surface area (Å²) in [6, 6.07) is 32.0. The molecule has 0 heterocycles. The number of ketones is 1. The molecule has 0 saturated carbocycles. The van der Waals surface area contributed by atoms with E-state index in [1.54, 1.807) is 6.92 Å². The first-order valence-electron chi connectivity index (χ1n) is 9.18. The number of benzene rings is 3.